The highest BCUT2D eigenvalue weighted by molar-refractivity contribution is 5.92. The lowest BCUT2D eigenvalue weighted by Crippen LogP contribution is -2.53. The van der Waals surface area contributed by atoms with E-state index in [1.165, 1.54) is 0 Å². The van der Waals surface area contributed by atoms with Gasteiger partial charge >= 0.3 is 5.69 Å². The van der Waals surface area contributed by atoms with Gasteiger partial charge in [-0.3, -0.25) is 9.59 Å². The molecule has 0 saturated carbocycles. The zero-order valence-electron chi connectivity index (χ0n) is 19.8. The van der Waals surface area contributed by atoms with E-state index < -0.39 is 5.69 Å². The molecule has 180 valence electrons. The van der Waals surface area contributed by atoms with Crippen LogP contribution in [0.5, 0.6) is 5.75 Å². The molecule has 4 rings (SSSR count). The van der Waals surface area contributed by atoms with Gasteiger partial charge in [0.05, 0.1) is 0 Å². The molecule has 1 saturated heterocycles. The topological polar surface area (TPSA) is 104 Å². The summed E-state index contributed by atoms with van der Waals surface area (Å²) in [6, 6.07) is 9.37. The van der Waals surface area contributed by atoms with Crippen LogP contribution in [0.25, 0.3) is 0 Å². The minimum Gasteiger partial charge on any atom is -0.483 e. The van der Waals surface area contributed by atoms with Crippen LogP contribution < -0.4 is 15.7 Å². The van der Waals surface area contributed by atoms with Gasteiger partial charge in [-0.2, -0.15) is 4.98 Å². The first kappa shape index (κ1) is 23.7. The number of ether oxygens (including phenoxy) is 1. The minimum absolute atomic E-state index is 0.0397. The first-order valence-electron chi connectivity index (χ1n) is 11.9. The number of carbonyl (C=O) groups excluding carboxylic acids is 2. The van der Waals surface area contributed by atoms with E-state index in [1.807, 2.05) is 24.3 Å². The van der Waals surface area contributed by atoms with Crippen LogP contribution in [-0.4, -0.2) is 52.4 Å². The van der Waals surface area contributed by atoms with E-state index in [-0.39, 0.29) is 36.1 Å². The number of likely N-dealkylation sites (tertiary alicyclic amines) is 1. The number of piperidine rings is 1. The Labute approximate surface area is 199 Å². The van der Waals surface area contributed by atoms with Crippen molar-refractivity contribution in [2.45, 2.75) is 45.6 Å². The number of amides is 2. The predicted molar refractivity (Wildman–Crippen MR) is 129 cm³/mol. The number of allylic oxidation sites excluding steroid dienone is 2. The summed E-state index contributed by atoms with van der Waals surface area (Å²) in [5.74, 6) is 0.725. The highest BCUT2D eigenvalue weighted by atomic mass is 16.5. The third kappa shape index (κ3) is 5.92. The molecule has 8 heteroatoms. The number of benzene rings is 1. The molecule has 2 aliphatic heterocycles. The molecular weight excluding hydrogens is 432 g/mol. The minimum atomic E-state index is -0.502. The zero-order chi connectivity index (χ0) is 24.1. The third-order valence-electron chi connectivity index (χ3n) is 6.29. The summed E-state index contributed by atoms with van der Waals surface area (Å²) in [5.41, 5.74) is 1.42. The number of aromatic nitrogens is 2. The molecule has 2 aliphatic rings. The molecule has 34 heavy (non-hydrogen) atoms. The van der Waals surface area contributed by atoms with Crippen molar-refractivity contribution in [3.05, 3.63) is 69.9 Å². The van der Waals surface area contributed by atoms with E-state index in [1.54, 1.807) is 11.0 Å². The van der Waals surface area contributed by atoms with Crippen molar-refractivity contribution in [2.75, 3.05) is 19.7 Å². The second-order valence-electron chi connectivity index (χ2n) is 9.48. The quantitative estimate of drug-likeness (QED) is 0.679. The first-order chi connectivity index (χ1) is 16.4. The number of H-pyrrole nitrogens is 1. The summed E-state index contributed by atoms with van der Waals surface area (Å²) in [5, 5.41) is 3.10. The Morgan fingerprint density at radius 2 is 2.06 bits per heavy atom. The van der Waals surface area contributed by atoms with Crippen molar-refractivity contribution in [3.63, 3.8) is 0 Å². The molecule has 2 aromatic rings. The summed E-state index contributed by atoms with van der Waals surface area (Å²) in [6.07, 6.45) is 6.98. The Balaban J connectivity index is 1.50. The average molecular weight is 465 g/mol. The van der Waals surface area contributed by atoms with E-state index in [4.69, 9.17) is 4.74 Å². The molecule has 0 bridgehead atoms. The maximum atomic E-state index is 13.2. The van der Waals surface area contributed by atoms with E-state index in [0.717, 1.165) is 23.4 Å². The number of rotatable bonds is 3. The number of aromatic amines is 1. The Morgan fingerprint density at radius 1 is 1.24 bits per heavy atom. The lowest BCUT2D eigenvalue weighted by molar-refractivity contribution is -0.124. The van der Waals surface area contributed by atoms with Crippen LogP contribution in [0.2, 0.25) is 0 Å². The number of fused-ring (bicyclic) bond motifs is 2. The fourth-order valence-electron chi connectivity index (χ4n) is 4.66. The van der Waals surface area contributed by atoms with Crippen LogP contribution in [0.15, 0.2) is 47.3 Å². The van der Waals surface area contributed by atoms with Crippen molar-refractivity contribution in [3.8, 4) is 5.75 Å². The molecule has 0 unspecified atom stereocenters. The Hall–Kier alpha value is -3.42. The van der Waals surface area contributed by atoms with Gasteiger partial charge in [0, 0.05) is 30.7 Å². The summed E-state index contributed by atoms with van der Waals surface area (Å²) < 4.78 is 5.77. The number of nitrogens with zero attached hydrogens (tertiary/aromatic N) is 2. The van der Waals surface area contributed by atoms with Crippen LogP contribution >= 0.6 is 0 Å². The van der Waals surface area contributed by atoms with Gasteiger partial charge < -0.3 is 19.9 Å². The molecule has 0 spiro atoms. The largest absolute Gasteiger partial charge is 0.483 e. The summed E-state index contributed by atoms with van der Waals surface area (Å²) >= 11 is 0. The summed E-state index contributed by atoms with van der Waals surface area (Å²) in [4.78, 5) is 46.3. The fourth-order valence-corrected chi connectivity index (χ4v) is 4.66. The second-order valence-corrected chi connectivity index (χ2v) is 9.48. The Bertz CT molecular complexity index is 1120. The lowest BCUT2D eigenvalue weighted by atomic mass is 9.88. The van der Waals surface area contributed by atoms with E-state index >= 15 is 0 Å². The van der Waals surface area contributed by atoms with Crippen LogP contribution in [0.4, 0.5) is 0 Å². The molecule has 0 aliphatic carbocycles. The highest BCUT2D eigenvalue weighted by Crippen LogP contribution is 2.24. The molecule has 3 heterocycles. The molecule has 2 amide bonds. The van der Waals surface area contributed by atoms with Gasteiger partial charge in [-0.25, -0.2) is 4.79 Å². The standard InChI is InChI=1S/C26H32N4O4/c1-17(2)13-20-14-22(29-26(33)27-20)25(32)30-12-11-21-19(15-30)9-4-3-7-18-8-5-6-10-23(18)34-16-24(31)28-21/h3-6,8,10,14,17,19,21H,7,9,11-13,15-16H2,1-2H3,(H,28,31)(H,27,29,33)/b4-3+/t19-,21+/m0/s1. The van der Waals surface area contributed by atoms with Crippen LogP contribution in [0.3, 0.4) is 0 Å². The first-order valence-corrected chi connectivity index (χ1v) is 11.9. The van der Waals surface area contributed by atoms with Crippen molar-refractivity contribution in [1.82, 2.24) is 20.2 Å². The number of nitrogens with one attached hydrogen (secondary N) is 2. The maximum Gasteiger partial charge on any atom is 0.345 e. The van der Waals surface area contributed by atoms with Gasteiger partial charge in [0.1, 0.15) is 11.4 Å². The van der Waals surface area contributed by atoms with Gasteiger partial charge in [0.15, 0.2) is 6.61 Å². The number of para-hydroxylation sites is 1. The van der Waals surface area contributed by atoms with Crippen LogP contribution in [0, 0.1) is 11.8 Å². The van der Waals surface area contributed by atoms with Gasteiger partial charge in [-0.05, 0) is 49.3 Å². The lowest BCUT2D eigenvalue weighted by Gasteiger charge is -2.38. The summed E-state index contributed by atoms with van der Waals surface area (Å²) in [7, 11) is 0. The van der Waals surface area contributed by atoms with Crippen molar-refractivity contribution >= 4 is 11.8 Å². The Morgan fingerprint density at radius 3 is 2.88 bits per heavy atom. The molecule has 1 fully saturated rings. The van der Waals surface area contributed by atoms with E-state index in [9.17, 15) is 14.4 Å². The molecule has 0 radical (unpaired) electrons. The zero-order valence-corrected chi connectivity index (χ0v) is 19.8. The van der Waals surface area contributed by atoms with Crippen LogP contribution in [0.1, 0.15) is 48.4 Å². The number of hydrogen-bond donors (Lipinski definition) is 2. The molecular formula is C26H32N4O4. The fraction of sp³-hybridized carbons (Fsp3) is 0.462. The van der Waals surface area contributed by atoms with E-state index in [0.29, 0.717) is 38.3 Å². The van der Waals surface area contributed by atoms with Crippen molar-refractivity contribution < 1.29 is 14.3 Å². The third-order valence-corrected chi connectivity index (χ3v) is 6.29. The maximum absolute atomic E-state index is 13.2. The van der Waals surface area contributed by atoms with Crippen molar-refractivity contribution in [2.24, 2.45) is 11.8 Å². The molecule has 2 N–H and O–H groups in total. The summed E-state index contributed by atoms with van der Waals surface area (Å²) in [6.45, 7) is 5.05. The monoisotopic (exact) mass is 464 g/mol. The van der Waals surface area contributed by atoms with Gasteiger partial charge in [-0.1, -0.05) is 44.2 Å². The molecule has 2 atom stereocenters. The van der Waals surface area contributed by atoms with Crippen molar-refractivity contribution in [1.29, 1.82) is 0 Å². The van der Waals surface area contributed by atoms with Gasteiger partial charge in [0.2, 0.25) is 0 Å². The SMILES string of the molecule is CC(C)Cc1cc(C(=O)N2CC[C@H]3NC(=O)COc4ccccc4C/C=C/C[C@H]3C2)nc(=O)[nH]1. The van der Waals surface area contributed by atoms with Gasteiger partial charge in [-0.15, -0.1) is 0 Å². The second kappa shape index (κ2) is 10.7. The number of hydrogen-bond acceptors (Lipinski definition) is 5. The smallest absolute Gasteiger partial charge is 0.345 e. The molecule has 1 aromatic carbocycles. The molecule has 1 aromatic heterocycles. The highest BCUT2D eigenvalue weighted by Gasteiger charge is 2.33. The average Bonchev–Trinajstić information content (AvgIpc) is 2.80. The van der Waals surface area contributed by atoms with Crippen LogP contribution in [-0.2, 0) is 17.6 Å². The molecule has 8 nitrogen and oxygen atoms in total. The predicted octanol–water partition coefficient (Wildman–Crippen LogP) is 2.50. The Kier molecular flexibility index (Phi) is 7.45. The normalized spacial score (nSPS) is 21.9. The van der Waals surface area contributed by atoms with Gasteiger partial charge in [0.25, 0.3) is 11.8 Å². The number of carbonyl (C=O) groups is 2. The van der Waals surface area contributed by atoms with E-state index in [2.05, 4.69) is 41.3 Å².